The smallest absolute Gasteiger partial charge is 0.255 e. The van der Waals surface area contributed by atoms with Gasteiger partial charge in [0.05, 0.1) is 11.3 Å². The van der Waals surface area contributed by atoms with E-state index in [0.717, 1.165) is 36.2 Å². The van der Waals surface area contributed by atoms with Gasteiger partial charge >= 0.3 is 0 Å². The summed E-state index contributed by atoms with van der Waals surface area (Å²) >= 11 is 5.97. The van der Waals surface area contributed by atoms with Gasteiger partial charge in [0.25, 0.3) is 5.91 Å². The van der Waals surface area contributed by atoms with Gasteiger partial charge in [0.15, 0.2) is 0 Å². The summed E-state index contributed by atoms with van der Waals surface area (Å²) in [6.45, 7) is 0.956. The third-order valence-electron chi connectivity index (χ3n) is 4.26. The van der Waals surface area contributed by atoms with Crippen LogP contribution in [-0.2, 0) is 6.42 Å². The molecule has 4 heteroatoms. The molecule has 1 amide bonds. The van der Waals surface area contributed by atoms with Crippen LogP contribution in [0.4, 0.5) is 5.69 Å². The second kappa shape index (κ2) is 4.78. The summed E-state index contributed by atoms with van der Waals surface area (Å²) in [7, 11) is 0. The van der Waals surface area contributed by atoms with E-state index in [1.807, 2.05) is 36.4 Å². The van der Waals surface area contributed by atoms with E-state index in [1.54, 1.807) is 0 Å². The lowest BCUT2D eigenvalue weighted by Gasteiger charge is -2.42. The summed E-state index contributed by atoms with van der Waals surface area (Å²) in [6.07, 6.45) is 2.04. The highest BCUT2D eigenvalue weighted by atomic mass is 35.5. The lowest BCUT2D eigenvalue weighted by atomic mass is 9.93. The number of benzene rings is 2. The van der Waals surface area contributed by atoms with Crippen molar-refractivity contribution in [1.82, 2.24) is 5.32 Å². The summed E-state index contributed by atoms with van der Waals surface area (Å²) in [5.41, 5.74) is 4.23. The Hall–Kier alpha value is -2.00. The third-order valence-corrected chi connectivity index (χ3v) is 4.51. The summed E-state index contributed by atoms with van der Waals surface area (Å²) in [5.74, 6) is 0.00458. The monoisotopic (exact) mass is 298 g/mol. The van der Waals surface area contributed by atoms with Crippen molar-refractivity contribution in [3.05, 3.63) is 64.2 Å². The minimum absolute atomic E-state index is 0.00458. The van der Waals surface area contributed by atoms with Gasteiger partial charge in [-0.3, -0.25) is 4.79 Å². The molecule has 0 saturated carbocycles. The van der Waals surface area contributed by atoms with Crippen LogP contribution in [0.25, 0.3) is 0 Å². The maximum Gasteiger partial charge on any atom is 0.255 e. The quantitative estimate of drug-likeness (QED) is 0.873. The average molecular weight is 299 g/mol. The van der Waals surface area contributed by atoms with Crippen LogP contribution in [0.1, 0.15) is 34.1 Å². The lowest BCUT2D eigenvalue weighted by molar-refractivity contribution is 0.0925. The molecule has 0 saturated heterocycles. The minimum Gasteiger partial charge on any atom is -0.347 e. The van der Waals surface area contributed by atoms with Crippen LogP contribution in [-0.4, -0.2) is 12.5 Å². The van der Waals surface area contributed by atoms with Gasteiger partial charge in [0.2, 0.25) is 0 Å². The van der Waals surface area contributed by atoms with Gasteiger partial charge in [0, 0.05) is 11.6 Å². The van der Waals surface area contributed by atoms with E-state index >= 15 is 0 Å². The molecule has 0 unspecified atom stereocenters. The number of carbonyl (C=O) groups excluding carboxylic acids is 1. The number of hydrogen-bond acceptors (Lipinski definition) is 2. The second-order valence-corrected chi connectivity index (χ2v) is 5.97. The molecular weight excluding hydrogens is 284 g/mol. The maximum atomic E-state index is 12.4. The molecule has 0 aliphatic carbocycles. The molecule has 2 heterocycles. The molecule has 1 N–H and O–H groups in total. The van der Waals surface area contributed by atoms with E-state index in [-0.39, 0.29) is 12.1 Å². The Morgan fingerprint density at radius 3 is 2.76 bits per heavy atom. The first-order valence-electron chi connectivity index (χ1n) is 7.19. The van der Waals surface area contributed by atoms with E-state index in [0.29, 0.717) is 5.02 Å². The van der Waals surface area contributed by atoms with E-state index < -0.39 is 0 Å². The zero-order valence-electron chi connectivity index (χ0n) is 11.5. The fourth-order valence-corrected chi connectivity index (χ4v) is 3.44. The fourth-order valence-electron chi connectivity index (χ4n) is 3.31. The van der Waals surface area contributed by atoms with Gasteiger partial charge in [-0.05, 0) is 42.2 Å². The molecule has 3 nitrogen and oxygen atoms in total. The predicted molar refractivity (Wildman–Crippen MR) is 83.8 cm³/mol. The fraction of sp³-hybridized carbons (Fsp3) is 0.235. The SMILES string of the molecule is O=C1N[C@H](c2ccc(Cl)cc2)N2CCCc3cccc1c32. The topological polar surface area (TPSA) is 32.3 Å². The molecule has 0 spiro atoms. The molecule has 0 radical (unpaired) electrons. The van der Waals surface area contributed by atoms with Crippen molar-refractivity contribution >= 4 is 23.2 Å². The molecule has 0 fully saturated rings. The number of amides is 1. The molecular formula is C17H15ClN2O. The molecule has 106 valence electrons. The second-order valence-electron chi connectivity index (χ2n) is 5.54. The van der Waals surface area contributed by atoms with E-state index in [2.05, 4.69) is 16.3 Å². The Balaban J connectivity index is 1.84. The van der Waals surface area contributed by atoms with Gasteiger partial charge in [-0.2, -0.15) is 0 Å². The van der Waals surface area contributed by atoms with E-state index in [1.165, 1.54) is 5.56 Å². The van der Waals surface area contributed by atoms with Crippen LogP contribution < -0.4 is 10.2 Å². The first-order chi connectivity index (χ1) is 10.2. The van der Waals surface area contributed by atoms with Crippen molar-refractivity contribution in [3.63, 3.8) is 0 Å². The number of aryl methyl sites for hydroxylation is 1. The van der Waals surface area contributed by atoms with Gasteiger partial charge in [0.1, 0.15) is 6.17 Å². The standard InChI is InChI=1S/C17H15ClN2O/c18-13-8-6-12(7-9-13)16-19-17(21)14-5-1-3-11-4-2-10-20(16)15(11)14/h1,3,5-9,16H,2,4,10H2,(H,19,21)/t16-/m0/s1. The molecule has 2 aliphatic heterocycles. The molecule has 0 bridgehead atoms. The first kappa shape index (κ1) is 12.7. The molecule has 21 heavy (non-hydrogen) atoms. The summed E-state index contributed by atoms with van der Waals surface area (Å²) in [5, 5.41) is 3.82. The predicted octanol–water partition coefficient (Wildman–Crippen LogP) is 3.53. The van der Waals surface area contributed by atoms with E-state index in [4.69, 9.17) is 11.6 Å². The lowest BCUT2D eigenvalue weighted by Crippen LogP contribution is -2.48. The van der Waals surface area contributed by atoms with E-state index in [9.17, 15) is 4.79 Å². The molecule has 2 aliphatic rings. The number of nitrogens with zero attached hydrogens (tertiary/aromatic N) is 1. The summed E-state index contributed by atoms with van der Waals surface area (Å²) in [4.78, 5) is 14.7. The van der Waals surface area contributed by atoms with Crippen molar-refractivity contribution in [2.75, 3.05) is 11.4 Å². The maximum absolute atomic E-state index is 12.4. The van der Waals surface area contributed by atoms with Gasteiger partial charge in [-0.15, -0.1) is 0 Å². The average Bonchev–Trinajstić information content (AvgIpc) is 2.52. The molecule has 4 rings (SSSR count). The normalized spacial score (nSPS) is 20.0. The van der Waals surface area contributed by atoms with Crippen LogP contribution in [0.15, 0.2) is 42.5 Å². The third kappa shape index (κ3) is 2.00. The molecule has 2 aromatic rings. The first-order valence-corrected chi connectivity index (χ1v) is 7.57. The van der Waals surface area contributed by atoms with Crippen LogP contribution in [0.5, 0.6) is 0 Å². The Morgan fingerprint density at radius 2 is 1.95 bits per heavy atom. The van der Waals surface area contributed by atoms with Gasteiger partial charge < -0.3 is 10.2 Å². The number of carbonyl (C=O) groups is 1. The molecule has 0 aromatic heterocycles. The summed E-state index contributed by atoms with van der Waals surface area (Å²) < 4.78 is 0. The minimum atomic E-state index is -0.108. The van der Waals surface area contributed by atoms with Gasteiger partial charge in [-0.25, -0.2) is 0 Å². The van der Waals surface area contributed by atoms with Crippen molar-refractivity contribution in [2.24, 2.45) is 0 Å². The highest BCUT2D eigenvalue weighted by Gasteiger charge is 2.34. The number of halogens is 1. The zero-order valence-corrected chi connectivity index (χ0v) is 12.2. The molecule has 1 atom stereocenters. The van der Waals surface area contributed by atoms with Gasteiger partial charge in [-0.1, -0.05) is 35.9 Å². The van der Waals surface area contributed by atoms with Crippen LogP contribution in [0, 0.1) is 0 Å². The number of hydrogen-bond donors (Lipinski definition) is 1. The van der Waals surface area contributed by atoms with Crippen molar-refractivity contribution < 1.29 is 4.79 Å². The summed E-state index contributed by atoms with van der Waals surface area (Å²) in [6, 6.07) is 13.7. The van der Waals surface area contributed by atoms with Crippen molar-refractivity contribution in [2.45, 2.75) is 19.0 Å². The number of nitrogens with one attached hydrogen (secondary N) is 1. The number of anilines is 1. The highest BCUT2D eigenvalue weighted by Crippen LogP contribution is 2.39. The largest absolute Gasteiger partial charge is 0.347 e. The van der Waals surface area contributed by atoms with Crippen LogP contribution >= 0.6 is 11.6 Å². The number of para-hydroxylation sites is 1. The Bertz CT molecular complexity index is 711. The highest BCUT2D eigenvalue weighted by molar-refractivity contribution is 6.30. The van der Waals surface area contributed by atoms with Crippen LogP contribution in [0.2, 0.25) is 5.02 Å². The zero-order chi connectivity index (χ0) is 14.4. The van der Waals surface area contributed by atoms with Crippen molar-refractivity contribution in [1.29, 1.82) is 0 Å². The van der Waals surface area contributed by atoms with Crippen molar-refractivity contribution in [3.8, 4) is 0 Å². The Kier molecular flexibility index (Phi) is 2.89. The van der Waals surface area contributed by atoms with Crippen LogP contribution in [0.3, 0.4) is 0 Å². The Labute approximate surface area is 128 Å². The molecule has 2 aromatic carbocycles. The number of rotatable bonds is 1. The Morgan fingerprint density at radius 1 is 1.14 bits per heavy atom.